The van der Waals surface area contributed by atoms with Gasteiger partial charge in [-0.25, -0.2) is 19.2 Å². The number of pyridine rings is 1. The number of imide groups is 1. The molecule has 2 aromatic carbocycles. The Hall–Kier alpha value is -5.02. The van der Waals surface area contributed by atoms with E-state index in [1.807, 2.05) is 32.3 Å². The number of ether oxygens (including phenoxy) is 1. The summed E-state index contributed by atoms with van der Waals surface area (Å²) in [4.78, 5) is 44.9. The molecule has 15 heteroatoms. The first-order valence-electron chi connectivity index (χ1n) is 18.4. The number of aromatic amines is 1. The number of urea groups is 1. The zero-order valence-electron chi connectivity index (χ0n) is 30.9. The Morgan fingerprint density at radius 1 is 1.00 bits per heavy atom. The van der Waals surface area contributed by atoms with E-state index in [4.69, 9.17) is 9.72 Å². The lowest BCUT2D eigenvalue weighted by atomic mass is 9.91. The average Bonchev–Trinajstić information content (AvgIpc) is 3.73. The number of carbonyl (C=O) groups is 2. The Morgan fingerprint density at radius 2 is 1.76 bits per heavy atom. The van der Waals surface area contributed by atoms with E-state index in [-0.39, 0.29) is 30.2 Å². The van der Waals surface area contributed by atoms with Crippen LogP contribution in [0.1, 0.15) is 38.8 Å². The second-order valence-electron chi connectivity index (χ2n) is 15.1. The van der Waals surface area contributed by atoms with Crippen LogP contribution in [-0.4, -0.2) is 92.9 Å². The first-order valence-corrected chi connectivity index (χ1v) is 19.2. The molecule has 0 aliphatic carbocycles. The van der Waals surface area contributed by atoms with Crippen molar-refractivity contribution in [1.29, 1.82) is 0 Å². The SMILES string of the molecule is Cc1nn(C)cc1-c1nc2ncc(Br)c(Oc3ccc(N4CCN(CC5CCN(c6ccc(N7CCC(=O)NC7=O)cc6F)CC5)C(C)(C)C4)cc3)c2[nH]1. The van der Waals surface area contributed by atoms with Gasteiger partial charge >= 0.3 is 6.03 Å². The third kappa shape index (κ3) is 7.14. The quantitative estimate of drug-likeness (QED) is 0.178. The Bertz CT molecular complexity index is 2210. The number of piperidine rings is 1. The van der Waals surface area contributed by atoms with Crippen LogP contribution >= 0.6 is 15.9 Å². The van der Waals surface area contributed by atoms with Crippen LogP contribution < -0.4 is 24.8 Å². The number of fused-ring (bicyclic) bond motifs is 1. The summed E-state index contributed by atoms with van der Waals surface area (Å²) in [7, 11) is 1.89. The summed E-state index contributed by atoms with van der Waals surface area (Å²) in [5.41, 5.74) is 5.21. The first-order chi connectivity index (χ1) is 25.9. The number of amides is 3. The number of piperazine rings is 1. The maximum atomic E-state index is 15.3. The van der Waals surface area contributed by atoms with Crippen molar-refractivity contribution >= 4 is 56.1 Å². The molecule has 0 radical (unpaired) electrons. The van der Waals surface area contributed by atoms with Crippen LogP contribution in [0, 0.1) is 18.7 Å². The molecule has 6 heterocycles. The van der Waals surface area contributed by atoms with E-state index < -0.39 is 6.03 Å². The predicted molar refractivity (Wildman–Crippen MR) is 210 cm³/mol. The molecule has 0 bridgehead atoms. The molecule has 2 N–H and O–H groups in total. The van der Waals surface area contributed by atoms with Crippen LogP contribution in [0.3, 0.4) is 0 Å². The molecule has 5 aromatic rings. The third-order valence-electron chi connectivity index (χ3n) is 10.9. The lowest BCUT2D eigenvalue weighted by Gasteiger charge is -2.49. The molecule has 3 saturated heterocycles. The van der Waals surface area contributed by atoms with Gasteiger partial charge < -0.3 is 19.5 Å². The van der Waals surface area contributed by atoms with Crippen molar-refractivity contribution in [1.82, 2.24) is 34.9 Å². The zero-order valence-corrected chi connectivity index (χ0v) is 32.5. The second kappa shape index (κ2) is 14.3. The molecule has 8 rings (SSSR count). The van der Waals surface area contributed by atoms with Gasteiger partial charge in [-0.15, -0.1) is 0 Å². The highest BCUT2D eigenvalue weighted by Crippen LogP contribution is 2.38. The summed E-state index contributed by atoms with van der Waals surface area (Å²) >= 11 is 3.62. The summed E-state index contributed by atoms with van der Waals surface area (Å²) in [5, 5.41) is 6.74. The Morgan fingerprint density at radius 3 is 2.44 bits per heavy atom. The fraction of sp³-hybridized carbons (Fsp3) is 0.410. The molecular formula is C39H44BrFN10O3. The molecule has 3 aliphatic heterocycles. The number of anilines is 3. The molecule has 0 unspecified atom stereocenters. The number of imidazole rings is 1. The highest BCUT2D eigenvalue weighted by Gasteiger charge is 2.36. The number of halogens is 2. The molecule has 0 spiro atoms. The minimum atomic E-state index is -0.510. The summed E-state index contributed by atoms with van der Waals surface area (Å²) < 4.78 is 24.2. The van der Waals surface area contributed by atoms with E-state index in [2.05, 4.69) is 77.0 Å². The topological polar surface area (TPSA) is 128 Å². The number of aryl methyl sites for hydroxylation is 2. The molecule has 3 fully saturated rings. The minimum absolute atomic E-state index is 0.0314. The number of nitrogens with zero attached hydrogens (tertiary/aromatic N) is 8. The summed E-state index contributed by atoms with van der Waals surface area (Å²) in [6.45, 7) is 12.2. The van der Waals surface area contributed by atoms with Crippen LogP contribution in [0.15, 0.2) is 59.3 Å². The van der Waals surface area contributed by atoms with Gasteiger partial charge in [-0.2, -0.15) is 5.10 Å². The number of carbonyl (C=O) groups excluding carboxylic acids is 2. The average molecular weight is 800 g/mol. The molecule has 54 heavy (non-hydrogen) atoms. The molecule has 13 nitrogen and oxygen atoms in total. The van der Waals surface area contributed by atoms with Gasteiger partial charge in [0.25, 0.3) is 0 Å². The van der Waals surface area contributed by atoms with Gasteiger partial charge in [0.2, 0.25) is 5.91 Å². The highest BCUT2D eigenvalue weighted by atomic mass is 79.9. The molecule has 282 valence electrons. The highest BCUT2D eigenvalue weighted by molar-refractivity contribution is 9.10. The number of hydrogen-bond donors (Lipinski definition) is 2. The predicted octanol–water partition coefficient (Wildman–Crippen LogP) is 6.62. The lowest BCUT2D eigenvalue weighted by molar-refractivity contribution is -0.120. The van der Waals surface area contributed by atoms with Gasteiger partial charge in [-0.3, -0.25) is 24.6 Å². The maximum absolute atomic E-state index is 15.3. The molecule has 3 amide bonds. The largest absolute Gasteiger partial charge is 0.454 e. The number of benzene rings is 2. The Kier molecular flexibility index (Phi) is 9.54. The van der Waals surface area contributed by atoms with Crippen molar-refractivity contribution in [3.05, 3.63) is 70.8 Å². The minimum Gasteiger partial charge on any atom is -0.454 e. The smallest absolute Gasteiger partial charge is 0.328 e. The maximum Gasteiger partial charge on any atom is 0.328 e. The van der Waals surface area contributed by atoms with Crippen molar-refractivity contribution in [3.63, 3.8) is 0 Å². The van der Waals surface area contributed by atoms with Gasteiger partial charge in [0.1, 0.15) is 22.9 Å². The van der Waals surface area contributed by atoms with Crippen LogP contribution in [0.5, 0.6) is 11.5 Å². The normalized spacial score (nSPS) is 18.4. The van der Waals surface area contributed by atoms with Gasteiger partial charge in [0.05, 0.1) is 21.4 Å². The third-order valence-corrected chi connectivity index (χ3v) is 11.5. The van der Waals surface area contributed by atoms with Crippen molar-refractivity contribution in [2.75, 3.05) is 60.5 Å². The van der Waals surface area contributed by atoms with Crippen molar-refractivity contribution in [3.8, 4) is 22.9 Å². The second-order valence-corrected chi connectivity index (χ2v) is 16.0. The standard InChI is InChI=1S/C39H44BrFN10O3/c1-24-29(22-47(4)46-24)36-44-34-35(30(40)20-42-37(34)45-36)54-28-8-5-26(6-9-28)49-17-18-50(39(2,3)23-49)21-25-11-14-48(15-12-25)32-10-7-27(19-31(32)41)51-16-13-33(52)43-38(51)53/h5-10,19-20,22,25H,11-18,21,23H2,1-4H3,(H,42,44,45)(H,43,52,53). The number of hydrogen-bond acceptors (Lipinski definition) is 9. The molecule has 0 saturated carbocycles. The van der Waals surface area contributed by atoms with E-state index in [9.17, 15) is 9.59 Å². The first kappa shape index (κ1) is 36.0. The van der Waals surface area contributed by atoms with Crippen molar-refractivity contribution in [2.24, 2.45) is 13.0 Å². The van der Waals surface area contributed by atoms with Crippen LogP contribution in [-0.2, 0) is 11.8 Å². The summed E-state index contributed by atoms with van der Waals surface area (Å²) in [6, 6.07) is 12.7. The monoisotopic (exact) mass is 798 g/mol. The summed E-state index contributed by atoms with van der Waals surface area (Å²) in [5.74, 6) is 1.90. The van der Waals surface area contributed by atoms with Gasteiger partial charge in [0.15, 0.2) is 11.4 Å². The molecule has 3 aromatic heterocycles. The van der Waals surface area contributed by atoms with E-state index in [0.717, 1.165) is 73.5 Å². The van der Waals surface area contributed by atoms with Crippen LogP contribution in [0.25, 0.3) is 22.6 Å². The number of aromatic nitrogens is 5. The molecular weight excluding hydrogens is 755 g/mol. The fourth-order valence-electron chi connectivity index (χ4n) is 7.96. The molecule has 3 aliphatic rings. The van der Waals surface area contributed by atoms with Gasteiger partial charge in [0, 0.05) is 88.6 Å². The summed E-state index contributed by atoms with van der Waals surface area (Å²) in [6.07, 6.45) is 5.82. The zero-order chi connectivity index (χ0) is 37.7. The fourth-order valence-corrected chi connectivity index (χ4v) is 8.34. The molecule has 0 atom stereocenters. The van der Waals surface area contributed by atoms with Crippen molar-refractivity contribution in [2.45, 2.75) is 45.6 Å². The van der Waals surface area contributed by atoms with Gasteiger partial charge in [-0.05, 0) is 97.9 Å². The van der Waals surface area contributed by atoms with E-state index in [1.165, 1.54) is 11.0 Å². The number of nitrogens with one attached hydrogen (secondary N) is 2. The number of H-pyrrole nitrogens is 1. The van der Waals surface area contributed by atoms with Crippen LogP contribution in [0.2, 0.25) is 0 Å². The lowest BCUT2D eigenvalue weighted by Crippen LogP contribution is -2.60. The van der Waals surface area contributed by atoms with Gasteiger partial charge in [-0.1, -0.05) is 0 Å². The number of rotatable bonds is 8. The van der Waals surface area contributed by atoms with Crippen molar-refractivity contribution < 1.29 is 18.7 Å². The van der Waals surface area contributed by atoms with Crippen LogP contribution in [0.4, 0.5) is 26.2 Å². The Balaban J connectivity index is 0.861. The Labute approximate surface area is 321 Å². The van der Waals surface area contributed by atoms with E-state index in [0.29, 0.717) is 45.8 Å². The van der Waals surface area contributed by atoms with E-state index >= 15 is 4.39 Å². The van der Waals surface area contributed by atoms with E-state index in [1.54, 1.807) is 23.0 Å².